The number of hydrogen-bond donors (Lipinski definition) is 0. The van der Waals surface area contributed by atoms with Crippen LogP contribution in [0.15, 0.2) is 54.8 Å². The molecule has 1 aliphatic heterocycles. The third-order valence-electron chi connectivity index (χ3n) is 2.96. The van der Waals surface area contributed by atoms with Crippen molar-refractivity contribution < 1.29 is 19.2 Å². The number of nitro groups is 1. The van der Waals surface area contributed by atoms with Gasteiger partial charge in [-0.05, 0) is 18.2 Å². The molecule has 104 valence electrons. The lowest BCUT2D eigenvalue weighted by atomic mass is 10.1. The van der Waals surface area contributed by atoms with E-state index < -0.39 is 10.9 Å². The molecule has 1 aliphatic rings. The largest absolute Gasteiger partial charge is 0.461 e. The molecule has 1 heterocycles. The predicted octanol–water partition coefficient (Wildman–Crippen LogP) is 3.14. The molecule has 0 unspecified atom stereocenters. The van der Waals surface area contributed by atoms with Crippen LogP contribution in [0.3, 0.4) is 0 Å². The van der Waals surface area contributed by atoms with Crippen LogP contribution in [0, 0.1) is 10.1 Å². The molecule has 0 bridgehead atoms. The van der Waals surface area contributed by atoms with Crippen LogP contribution >= 0.6 is 0 Å². The van der Waals surface area contributed by atoms with Crippen LogP contribution in [0.2, 0.25) is 0 Å². The Morgan fingerprint density at radius 3 is 2.38 bits per heavy atom. The van der Waals surface area contributed by atoms with Gasteiger partial charge in [0.1, 0.15) is 12.0 Å². The standard InChI is InChI=1S/C15H9NO5/c17-15-13-4-2-1-3-12(13)14(21-15)9-20-11-7-5-10(6-8-11)16(18)19/h1-9H/b14-9-. The second kappa shape index (κ2) is 5.09. The summed E-state index contributed by atoms with van der Waals surface area (Å²) in [4.78, 5) is 21.7. The number of hydrogen-bond acceptors (Lipinski definition) is 5. The maximum Gasteiger partial charge on any atom is 0.344 e. The second-order valence-corrected chi connectivity index (χ2v) is 4.29. The van der Waals surface area contributed by atoms with E-state index in [4.69, 9.17) is 9.47 Å². The van der Waals surface area contributed by atoms with Crippen LogP contribution in [-0.4, -0.2) is 10.9 Å². The molecular formula is C15H9NO5. The number of non-ortho nitro benzene ring substituents is 1. The fraction of sp³-hybridized carbons (Fsp3) is 0. The highest BCUT2D eigenvalue weighted by Gasteiger charge is 2.26. The number of esters is 1. The molecule has 0 atom stereocenters. The first-order chi connectivity index (χ1) is 10.1. The Balaban J connectivity index is 1.81. The number of nitro benzene ring substituents is 1. The smallest absolute Gasteiger partial charge is 0.344 e. The first kappa shape index (κ1) is 12.9. The van der Waals surface area contributed by atoms with Crippen molar-refractivity contribution >= 4 is 17.4 Å². The molecule has 0 amide bonds. The molecule has 3 rings (SSSR count). The van der Waals surface area contributed by atoms with Crippen LogP contribution in [0.1, 0.15) is 15.9 Å². The normalized spacial score (nSPS) is 14.7. The van der Waals surface area contributed by atoms with E-state index in [9.17, 15) is 14.9 Å². The van der Waals surface area contributed by atoms with Gasteiger partial charge in [0.15, 0.2) is 5.76 Å². The first-order valence-corrected chi connectivity index (χ1v) is 6.08. The van der Waals surface area contributed by atoms with Gasteiger partial charge in [-0.15, -0.1) is 0 Å². The van der Waals surface area contributed by atoms with Crippen molar-refractivity contribution in [3.8, 4) is 5.75 Å². The summed E-state index contributed by atoms with van der Waals surface area (Å²) in [6.07, 6.45) is 1.31. The van der Waals surface area contributed by atoms with Gasteiger partial charge in [0.05, 0.1) is 10.5 Å². The zero-order valence-corrected chi connectivity index (χ0v) is 10.7. The number of ether oxygens (including phenoxy) is 2. The third kappa shape index (κ3) is 2.46. The minimum absolute atomic E-state index is 0.0207. The number of carbonyl (C=O) groups excluding carboxylic acids is 1. The highest BCUT2D eigenvalue weighted by Crippen LogP contribution is 2.29. The number of cyclic esters (lactones) is 1. The number of rotatable bonds is 3. The third-order valence-corrected chi connectivity index (χ3v) is 2.96. The Bertz CT molecular complexity index is 749. The molecule has 0 spiro atoms. The van der Waals surface area contributed by atoms with E-state index in [2.05, 4.69) is 0 Å². The Kier molecular flexibility index (Phi) is 3.12. The maximum absolute atomic E-state index is 11.6. The lowest BCUT2D eigenvalue weighted by Gasteiger charge is -2.02. The van der Waals surface area contributed by atoms with E-state index in [1.54, 1.807) is 24.3 Å². The summed E-state index contributed by atoms with van der Waals surface area (Å²) in [7, 11) is 0. The SMILES string of the molecule is O=C1O/C(=C\Oc2ccc([N+](=O)[O-])cc2)c2ccccc21. The Morgan fingerprint density at radius 1 is 1.05 bits per heavy atom. The van der Waals surface area contributed by atoms with Crippen LogP contribution in [0.5, 0.6) is 5.75 Å². The highest BCUT2D eigenvalue weighted by atomic mass is 16.6. The molecule has 2 aromatic carbocycles. The summed E-state index contributed by atoms with van der Waals surface area (Å²) >= 11 is 0. The molecule has 2 aromatic rings. The van der Waals surface area contributed by atoms with Gasteiger partial charge in [-0.25, -0.2) is 4.79 Å². The summed E-state index contributed by atoms with van der Waals surface area (Å²) in [6.45, 7) is 0. The van der Waals surface area contributed by atoms with Gasteiger partial charge in [-0.1, -0.05) is 18.2 Å². The number of nitrogens with zero attached hydrogens (tertiary/aromatic N) is 1. The molecule has 0 N–H and O–H groups in total. The molecule has 0 fully saturated rings. The lowest BCUT2D eigenvalue weighted by molar-refractivity contribution is -0.384. The minimum Gasteiger partial charge on any atom is -0.461 e. The fourth-order valence-corrected chi connectivity index (χ4v) is 1.94. The Labute approximate surface area is 119 Å². The molecule has 6 nitrogen and oxygen atoms in total. The topological polar surface area (TPSA) is 78.7 Å². The van der Waals surface area contributed by atoms with Gasteiger partial charge in [0, 0.05) is 17.7 Å². The molecule has 0 aromatic heterocycles. The van der Waals surface area contributed by atoms with Crippen LogP contribution in [0.25, 0.3) is 5.76 Å². The van der Waals surface area contributed by atoms with Crippen LogP contribution in [0.4, 0.5) is 5.69 Å². The number of fused-ring (bicyclic) bond motifs is 1. The molecule has 0 saturated heterocycles. The lowest BCUT2D eigenvalue weighted by Crippen LogP contribution is -1.93. The zero-order valence-electron chi connectivity index (χ0n) is 10.7. The van der Waals surface area contributed by atoms with E-state index in [-0.39, 0.29) is 5.69 Å². The molecule has 6 heteroatoms. The van der Waals surface area contributed by atoms with Crippen molar-refractivity contribution in [3.05, 3.63) is 76.0 Å². The second-order valence-electron chi connectivity index (χ2n) is 4.29. The van der Waals surface area contributed by atoms with Crippen molar-refractivity contribution in [2.45, 2.75) is 0 Å². The van der Waals surface area contributed by atoms with Crippen molar-refractivity contribution in [2.24, 2.45) is 0 Å². The maximum atomic E-state index is 11.6. The van der Waals surface area contributed by atoms with Gasteiger partial charge >= 0.3 is 5.97 Å². The average molecular weight is 283 g/mol. The molecule has 0 saturated carbocycles. The summed E-state index contributed by atoms with van der Waals surface area (Å²) < 4.78 is 10.5. The number of benzene rings is 2. The van der Waals surface area contributed by atoms with E-state index >= 15 is 0 Å². The van der Waals surface area contributed by atoms with Crippen molar-refractivity contribution in [1.29, 1.82) is 0 Å². The minimum atomic E-state index is -0.489. The molecular weight excluding hydrogens is 274 g/mol. The summed E-state index contributed by atoms with van der Waals surface area (Å²) in [5.74, 6) is 0.298. The Morgan fingerprint density at radius 2 is 1.71 bits per heavy atom. The van der Waals surface area contributed by atoms with Crippen molar-refractivity contribution in [3.63, 3.8) is 0 Å². The van der Waals surface area contributed by atoms with Gasteiger partial charge < -0.3 is 9.47 Å². The van der Waals surface area contributed by atoms with E-state index in [0.717, 1.165) is 0 Å². The first-order valence-electron chi connectivity index (χ1n) is 6.08. The van der Waals surface area contributed by atoms with E-state index in [1.807, 2.05) is 0 Å². The van der Waals surface area contributed by atoms with Crippen LogP contribution in [-0.2, 0) is 4.74 Å². The van der Waals surface area contributed by atoms with E-state index in [0.29, 0.717) is 22.6 Å². The van der Waals surface area contributed by atoms with Crippen molar-refractivity contribution in [2.75, 3.05) is 0 Å². The summed E-state index contributed by atoms with van der Waals surface area (Å²) in [5.41, 5.74) is 1.12. The predicted molar refractivity (Wildman–Crippen MR) is 73.6 cm³/mol. The number of carbonyl (C=O) groups is 1. The van der Waals surface area contributed by atoms with Crippen LogP contribution < -0.4 is 4.74 Å². The fourth-order valence-electron chi connectivity index (χ4n) is 1.94. The van der Waals surface area contributed by atoms with Gasteiger partial charge in [0.2, 0.25) is 0 Å². The van der Waals surface area contributed by atoms with Gasteiger partial charge in [0.25, 0.3) is 5.69 Å². The molecule has 0 radical (unpaired) electrons. The molecule has 21 heavy (non-hydrogen) atoms. The Hall–Kier alpha value is -3.15. The van der Waals surface area contributed by atoms with E-state index in [1.165, 1.54) is 30.5 Å². The summed E-state index contributed by atoms with van der Waals surface area (Å²) in [5, 5.41) is 10.5. The van der Waals surface area contributed by atoms with Gasteiger partial charge in [-0.3, -0.25) is 10.1 Å². The molecule has 0 aliphatic carbocycles. The summed E-state index contributed by atoms with van der Waals surface area (Å²) in [6, 6.07) is 12.6. The zero-order chi connectivity index (χ0) is 14.8. The van der Waals surface area contributed by atoms with Crippen molar-refractivity contribution in [1.82, 2.24) is 0 Å². The average Bonchev–Trinajstić information content (AvgIpc) is 2.83. The quantitative estimate of drug-likeness (QED) is 0.374. The monoisotopic (exact) mass is 283 g/mol. The highest BCUT2D eigenvalue weighted by molar-refractivity contribution is 6.02. The van der Waals surface area contributed by atoms with Gasteiger partial charge in [-0.2, -0.15) is 0 Å².